The molecule has 190 valence electrons. The summed E-state index contributed by atoms with van der Waals surface area (Å²) in [4.78, 5) is 27.4. The summed E-state index contributed by atoms with van der Waals surface area (Å²) in [6, 6.07) is 7.45. The summed E-state index contributed by atoms with van der Waals surface area (Å²) in [5.41, 5.74) is 4.31. The summed E-state index contributed by atoms with van der Waals surface area (Å²) in [5, 5.41) is 0. The van der Waals surface area contributed by atoms with Crippen LogP contribution in [0.4, 0.5) is 5.69 Å². The van der Waals surface area contributed by atoms with Crippen molar-refractivity contribution in [3.05, 3.63) is 29.8 Å². The maximum atomic E-state index is 12.8. The molecule has 0 aliphatic carbocycles. The van der Waals surface area contributed by atoms with Gasteiger partial charge >= 0.3 is 5.91 Å². The molecule has 0 spiro atoms. The Morgan fingerprint density at radius 2 is 1.24 bits per heavy atom. The van der Waals surface area contributed by atoms with Gasteiger partial charge in [0.15, 0.2) is 0 Å². The predicted octanol–water partition coefficient (Wildman–Crippen LogP) is 3.49. The van der Waals surface area contributed by atoms with E-state index in [1.807, 2.05) is 37.2 Å². The van der Waals surface area contributed by atoms with Gasteiger partial charge in [0.1, 0.15) is 0 Å². The standard InChI is InChI=1S/C27H47N3O2.ClH/c1-6-7-8-9-10-11-12-13-14-15-16-17-18-23-26(31)30(4,5)28-27(32)24-21-19-20-22-25(24)29(2)3;/h19-22H,6-18,23H2,1-5H3;1H. The summed E-state index contributed by atoms with van der Waals surface area (Å²) in [7, 11) is 7.32. The van der Waals surface area contributed by atoms with Crippen LogP contribution in [-0.4, -0.2) is 44.6 Å². The van der Waals surface area contributed by atoms with Crippen molar-refractivity contribution in [1.82, 2.24) is 5.43 Å². The van der Waals surface area contributed by atoms with E-state index in [1.54, 1.807) is 20.2 Å². The van der Waals surface area contributed by atoms with Crippen molar-refractivity contribution in [2.45, 2.75) is 96.8 Å². The maximum absolute atomic E-state index is 12.8. The van der Waals surface area contributed by atoms with Gasteiger partial charge in [0.25, 0.3) is 5.91 Å². The van der Waals surface area contributed by atoms with Crippen molar-refractivity contribution in [2.24, 2.45) is 0 Å². The van der Waals surface area contributed by atoms with Crippen molar-refractivity contribution in [3.63, 3.8) is 0 Å². The van der Waals surface area contributed by atoms with E-state index in [9.17, 15) is 9.59 Å². The minimum Gasteiger partial charge on any atom is -1.00 e. The lowest BCUT2D eigenvalue weighted by Crippen LogP contribution is -3.00. The number of halogens is 1. The fourth-order valence-electron chi connectivity index (χ4n) is 4.01. The molecule has 0 saturated heterocycles. The number of para-hydroxylation sites is 1. The Hall–Kier alpha value is -1.59. The lowest BCUT2D eigenvalue weighted by Gasteiger charge is -2.27. The van der Waals surface area contributed by atoms with Gasteiger partial charge in [-0.15, -0.1) is 0 Å². The molecule has 1 aromatic rings. The molecule has 2 amide bonds. The Morgan fingerprint density at radius 3 is 1.73 bits per heavy atom. The molecule has 0 atom stereocenters. The zero-order valence-electron chi connectivity index (χ0n) is 21.8. The van der Waals surface area contributed by atoms with Crippen LogP contribution in [0, 0.1) is 0 Å². The second-order valence-corrected chi connectivity index (χ2v) is 9.69. The van der Waals surface area contributed by atoms with Crippen LogP contribution in [0.1, 0.15) is 107 Å². The number of hydrogen-bond acceptors (Lipinski definition) is 3. The van der Waals surface area contributed by atoms with Gasteiger partial charge in [-0.1, -0.05) is 96.1 Å². The Labute approximate surface area is 209 Å². The van der Waals surface area contributed by atoms with E-state index >= 15 is 0 Å². The number of carbonyl (C=O) groups excluding carboxylic acids is 2. The van der Waals surface area contributed by atoms with Crippen LogP contribution >= 0.6 is 0 Å². The lowest BCUT2D eigenvalue weighted by atomic mass is 10.0. The molecule has 1 rings (SSSR count). The summed E-state index contributed by atoms with van der Waals surface area (Å²) < 4.78 is -0.126. The largest absolute Gasteiger partial charge is 1.00 e. The molecule has 1 N–H and O–H groups in total. The topological polar surface area (TPSA) is 49.4 Å². The normalized spacial score (nSPS) is 11.1. The third kappa shape index (κ3) is 13.0. The molecule has 0 aromatic heterocycles. The van der Waals surface area contributed by atoms with Crippen LogP contribution in [0.3, 0.4) is 0 Å². The maximum Gasteiger partial charge on any atom is 0.337 e. The van der Waals surface area contributed by atoms with Gasteiger partial charge in [-0.05, 0) is 18.6 Å². The van der Waals surface area contributed by atoms with E-state index < -0.39 is 0 Å². The highest BCUT2D eigenvalue weighted by Gasteiger charge is 2.29. The quantitative estimate of drug-likeness (QED) is 0.223. The van der Waals surface area contributed by atoms with Gasteiger partial charge in [-0.2, -0.15) is 10.0 Å². The SMILES string of the molecule is CCCCCCCCCCCCCCCC(=O)[N+](C)(C)NC(=O)c1ccccc1N(C)C.[Cl-]. The smallest absolute Gasteiger partial charge is 0.337 e. The first-order valence-corrected chi connectivity index (χ1v) is 12.8. The average molecular weight is 482 g/mol. The van der Waals surface area contributed by atoms with Gasteiger partial charge < -0.3 is 17.3 Å². The Bertz CT molecular complexity index is 677. The predicted molar refractivity (Wildman–Crippen MR) is 136 cm³/mol. The zero-order valence-corrected chi connectivity index (χ0v) is 22.6. The van der Waals surface area contributed by atoms with Crippen LogP contribution in [0.15, 0.2) is 24.3 Å². The van der Waals surface area contributed by atoms with Crippen molar-refractivity contribution < 1.29 is 26.6 Å². The molecule has 0 fully saturated rings. The molecule has 0 aliphatic heterocycles. The Balaban J connectivity index is 0.0000102. The number of rotatable bonds is 16. The number of unbranched alkanes of at least 4 members (excludes halogenated alkanes) is 12. The van der Waals surface area contributed by atoms with Crippen molar-refractivity contribution in [3.8, 4) is 0 Å². The second-order valence-electron chi connectivity index (χ2n) is 9.69. The molecule has 0 saturated carbocycles. The molecule has 6 heteroatoms. The van der Waals surface area contributed by atoms with E-state index in [0.29, 0.717) is 12.0 Å². The van der Waals surface area contributed by atoms with Crippen molar-refractivity contribution in [2.75, 3.05) is 33.1 Å². The molecular formula is C27H48ClN3O2. The molecule has 1 aromatic carbocycles. The van der Waals surface area contributed by atoms with Gasteiger partial charge in [0, 0.05) is 19.8 Å². The van der Waals surface area contributed by atoms with Crippen LogP contribution in [0.2, 0.25) is 0 Å². The molecule has 0 aliphatic rings. The molecular weight excluding hydrogens is 434 g/mol. The van der Waals surface area contributed by atoms with Crippen LogP contribution < -0.4 is 22.7 Å². The van der Waals surface area contributed by atoms with E-state index in [1.165, 1.54) is 70.6 Å². The number of hydrogen-bond donors (Lipinski definition) is 1. The minimum atomic E-state index is -0.224. The number of amides is 2. The minimum absolute atomic E-state index is 0. The summed E-state index contributed by atoms with van der Waals surface area (Å²) in [6.45, 7) is 2.26. The molecule has 0 radical (unpaired) electrons. The van der Waals surface area contributed by atoms with Gasteiger partial charge in [0.2, 0.25) is 0 Å². The van der Waals surface area contributed by atoms with Crippen molar-refractivity contribution in [1.29, 1.82) is 0 Å². The number of benzene rings is 1. The monoisotopic (exact) mass is 481 g/mol. The highest BCUT2D eigenvalue weighted by Crippen LogP contribution is 2.19. The lowest BCUT2D eigenvalue weighted by molar-refractivity contribution is -0.850. The summed E-state index contributed by atoms with van der Waals surface area (Å²) in [6.07, 6.45) is 17.2. The summed E-state index contributed by atoms with van der Waals surface area (Å²) >= 11 is 0. The fraction of sp³-hybridized carbons (Fsp3) is 0.704. The number of carbonyl (C=O) groups is 2. The number of nitrogens with zero attached hydrogens (tertiary/aromatic N) is 2. The number of nitrogens with one attached hydrogen (secondary N) is 1. The van der Waals surface area contributed by atoms with E-state index in [0.717, 1.165) is 18.5 Å². The number of anilines is 1. The van der Waals surface area contributed by atoms with Crippen LogP contribution in [0.5, 0.6) is 0 Å². The van der Waals surface area contributed by atoms with Gasteiger partial charge in [-0.25, -0.2) is 4.79 Å². The zero-order chi connectivity index (χ0) is 23.8. The highest BCUT2D eigenvalue weighted by molar-refractivity contribution is 5.99. The van der Waals surface area contributed by atoms with Gasteiger partial charge in [0.05, 0.1) is 26.1 Å². The summed E-state index contributed by atoms with van der Waals surface area (Å²) in [5.74, 6) is -0.179. The second kappa shape index (κ2) is 17.8. The molecule has 5 nitrogen and oxygen atoms in total. The number of quaternary nitrogens is 1. The first kappa shape index (κ1) is 31.4. The third-order valence-corrected chi connectivity index (χ3v) is 6.13. The van der Waals surface area contributed by atoms with Crippen LogP contribution in [-0.2, 0) is 4.79 Å². The van der Waals surface area contributed by atoms with E-state index in [4.69, 9.17) is 0 Å². The first-order valence-electron chi connectivity index (χ1n) is 12.8. The molecule has 0 bridgehead atoms. The average Bonchev–Trinajstić information content (AvgIpc) is 2.76. The first-order chi connectivity index (χ1) is 15.3. The Morgan fingerprint density at radius 1 is 0.788 bits per heavy atom. The fourth-order valence-corrected chi connectivity index (χ4v) is 4.01. The molecule has 33 heavy (non-hydrogen) atoms. The van der Waals surface area contributed by atoms with Gasteiger partial charge in [-0.3, -0.25) is 4.79 Å². The highest BCUT2D eigenvalue weighted by atomic mass is 35.5. The van der Waals surface area contributed by atoms with Crippen LogP contribution in [0.25, 0.3) is 0 Å². The molecule has 0 heterocycles. The third-order valence-electron chi connectivity index (χ3n) is 6.13. The Kier molecular flexibility index (Phi) is 17.0. The van der Waals surface area contributed by atoms with E-state index in [-0.39, 0.29) is 28.8 Å². The van der Waals surface area contributed by atoms with E-state index in [2.05, 4.69) is 12.3 Å². The van der Waals surface area contributed by atoms with Crippen molar-refractivity contribution >= 4 is 17.5 Å². The molecule has 0 unspecified atom stereocenters.